The molecule has 2 amide bonds. The van der Waals surface area contributed by atoms with Crippen LogP contribution in [0.1, 0.15) is 42.9 Å². The number of nitrogens with one attached hydrogen (secondary N) is 1. The number of aromatic amines is 1. The molecule has 7 nitrogen and oxygen atoms in total. The van der Waals surface area contributed by atoms with Gasteiger partial charge in [0.1, 0.15) is 11.7 Å². The van der Waals surface area contributed by atoms with E-state index in [-0.39, 0.29) is 23.9 Å². The van der Waals surface area contributed by atoms with Crippen LogP contribution >= 0.6 is 0 Å². The van der Waals surface area contributed by atoms with Crippen molar-refractivity contribution in [3.63, 3.8) is 0 Å². The summed E-state index contributed by atoms with van der Waals surface area (Å²) >= 11 is 0. The van der Waals surface area contributed by atoms with Gasteiger partial charge in [-0.1, -0.05) is 13.8 Å². The Morgan fingerprint density at radius 3 is 2.68 bits per heavy atom. The summed E-state index contributed by atoms with van der Waals surface area (Å²) in [6.07, 6.45) is 1.60. The number of carbonyl (C=O) groups is 2. The molecule has 3 atom stereocenters. The lowest BCUT2D eigenvalue weighted by atomic mass is 9.96. The number of nitrogens with zero attached hydrogens (tertiary/aromatic N) is 4. The number of likely N-dealkylation sites (N-methyl/N-ethyl adjacent to an activating group) is 1. The molecule has 0 unspecified atom stereocenters. The molecule has 0 aromatic carbocycles. The number of carbonyl (C=O) groups excluding carboxylic acids is 2. The zero-order valence-electron chi connectivity index (χ0n) is 15.8. The van der Waals surface area contributed by atoms with Gasteiger partial charge in [0.05, 0.1) is 6.04 Å². The molecule has 0 aliphatic carbocycles. The maximum atomic E-state index is 13.1. The van der Waals surface area contributed by atoms with Crippen molar-refractivity contribution >= 4 is 11.8 Å². The molecule has 25 heavy (non-hydrogen) atoms. The van der Waals surface area contributed by atoms with Gasteiger partial charge in [-0.25, -0.2) is 0 Å². The van der Waals surface area contributed by atoms with E-state index in [4.69, 9.17) is 0 Å². The van der Waals surface area contributed by atoms with Crippen LogP contribution < -0.4 is 0 Å². The Morgan fingerprint density at radius 2 is 2.12 bits per heavy atom. The molecular weight excluding hydrogens is 318 g/mol. The van der Waals surface area contributed by atoms with Crippen LogP contribution in [0.2, 0.25) is 0 Å². The predicted octanol–water partition coefficient (Wildman–Crippen LogP) is 1.12. The van der Waals surface area contributed by atoms with Gasteiger partial charge in [-0.3, -0.25) is 14.7 Å². The van der Waals surface area contributed by atoms with Crippen LogP contribution in [0.3, 0.4) is 0 Å². The predicted molar refractivity (Wildman–Crippen MR) is 95.2 cm³/mol. The summed E-state index contributed by atoms with van der Waals surface area (Å²) in [6.45, 7) is 7.41. The van der Waals surface area contributed by atoms with Gasteiger partial charge in [-0.05, 0) is 45.8 Å². The minimum absolute atomic E-state index is 0.0925. The number of H-pyrrole nitrogens is 1. The maximum absolute atomic E-state index is 13.1. The van der Waals surface area contributed by atoms with Crippen LogP contribution in [0.4, 0.5) is 0 Å². The molecule has 1 aromatic rings. The number of hydrogen-bond donors (Lipinski definition) is 1. The standard InChI is InChI=1S/C18H29N5O2/c1-11(2)6-16-18(25)22-9-13(21(4)5)8-14(22)10-23(16)17(24)15-7-12(3)19-20-15/h7,11,13-14,16H,6,8-10H2,1-5H3,(H,19,20)/t13-,14-,16-/m0/s1. The third kappa shape index (κ3) is 3.42. The van der Waals surface area contributed by atoms with Crippen molar-refractivity contribution in [1.29, 1.82) is 0 Å². The van der Waals surface area contributed by atoms with Crippen molar-refractivity contribution in [2.45, 2.75) is 51.7 Å². The highest BCUT2D eigenvalue weighted by Gasteiger charge is 2.47. The highest BCUT2D eigenvalue weighted by atomic mass is 16.2. The molecule has 3 heterocycles. The van der Waals surface area contributed by atoms with Crippen LogP contribution in [-0.2, 0) is 4.79 Å². The normalized spacial score (nSPS) is 26.7. The van der Waals surface area contributed by atoms with E-state index in [2.05, 4.69) is 43.0 Å². The van der Waals surface area contributed by atoms with Crippen molar-refractivity contribution in [3.05, 3.63) is 17.5 Å². The molecule has 0 spiro atoms. The zero-order valence-corrected chi connectivity index (χ0v) is 15.8. The third-order valence-electron chi connectivity index (χ3n) is 5.36. The fraction of sp³-hybridized carbons (Fsp3) is 0.722. The number of piperazine rings is 1. The summed E-state index contributed by atoms with van der Waals surface area (Å²) in [5, 5.41) is 6.93. The van der Waals surface area contributed by atoms with Crippen LogP contribution in [0.15, 0.2) is 6.07 Å². The lowest BCUT2D eigenvalue weighted by molar-refractivity contribution is -0.142. The number of aryl methyl sites for hydroxylation is 1. The van der Waals surface area contributed by atoms with Crippen molar-refractivity contribution in [2.24, 2.45) is 5.92 Å². The van der Waals surface area contributed by atoms with E-state index >= 15 is 0 Å². The molecular formula is C18H29N5O2. The van der Waals surface area contributed by atoms with E-state index in [0.29, 0.717) is 30.6 Å². The summed E-state index contributed by atoms with van der Waals surface area (Å²) in [5.74, 6) is 0.292. The molecule has 3 rings (SSSR count). The molecule has 2 saturated heterocycles. The van der Waals surface area contributed by atoms with E-state index in [1.54, 1.807) is 11.0 Å². The van der Waals surface area contributed by atoms with Crippen molar-refractivity contribution < 1.29 is 9.59 Å². The fourth-order valence-corrected chi connectivity index (χ4v) is 3.96. The van der Waals surface area contributed by atoms with Crippen molar-refractivity contribution in [1.82, 2.24) is 24.9 Å². The Balaban J connectivity index is 1.87. The largest absolute Gasteiger partial charge is 0.335 e. The summed E-state index contributed by atoms with van der Waals surface area (Å²) in [5.41, 5.74) is 1.25. The second-order valence-electron chi connectivity index (χ2n) is 8.04. The van der Waals surface area contributed by atoms with Gasteiger partial charge in [0, 0.05) is 24.8 Å². The first kappa shape index (κ1) is 17.9. The van der Waals surface area contributed by atoms with E-state index < -0.39 is 0 Å². The Labute approximate surface area is 149 Å². The minimum Gasteiger partial charge on any atom is -0.335 e. The molecule has 7 heteroatoms. The third-order valence-corrected chi connectivity index (χ3v) is 5.36. The molecule has 138 valence electrons. The summed E-state index contributed by atoms with van der Waals surface area (Å²) in [7, 11) is 4.10. The van der Waals surface area contributed by atoms with E-state index in [1.165, 1.54) is 0 Å². The van der Waals surface area contributed by atoms with Crippen LogP contribution in [-0.4, -0.2) is 82.0 Å². The van der Waals surface area contributed by atoms with Crippen LogP contribution in [0.5, 0.6) is 0 Å². The Kier molecular flexibility index (Phi) is 4.86. The smallest absolute Gasteiger partial charge is 0.275 e. The quantitative estimate of drug-likeness (QED) is 0.886. The van der Waals surface area contributed by atoms with Gasteiger partial charge in [-0.2, -0.15) is 5.10 Å². The minimum atomic E-state index is -0.387. The average Bonchev–Trinajstić information content (AvgIpc) is 3.15. The average molecular weight is 347 g/mol. The molecule has 0 saturated carbocycles. The Hall–Kier alpha value is -1.89. The fourth-order valence-electron chi connectivity index (χ4n) is 3.96. The summed E-state index contributed by atoms with van der Waals surface area (Å²) in [4.78, 5) is 32.1. The summed E-state index contributed by atoms with van der Waals surface area (Å²) in [6, 6.07) is 1.83. The molecule has 0 radical (unpaired) electrons. The lowest BCUT2D eigenvalue weighted by Gasteiger charge is -2.43. The van der Waals surface area contributed by atoms with Gasteiger partial charge in [0.2, 0.25) is 5.91 Å². The van der Waals surface area contributed by atoms with Gasteiger partial charge in [0.25, 0.3) is 5.91 Å². The van der Waals surface area contributed by atoms with Crippen LogP contribution in [0.25, 0.3) is 0 Å². The Bertz CT molecular complexity index is 654. The van der Waals surface area contributed by atoms with Gasteiger partial charge in [-0.15, -0.1) is 0 Å². The number of rotatable bonds is 4. The van der Waals surface area contributed by atoms with Gasteiger partial charge >= 0.3 is 0 Å². The Morgan fingerprint density at radius 1 is 1.40 bits per heavy atom. The van der Waals surface area contributed by atoms with E-state index in [9.17, 15) is 9.59 Å². The molecule has 2 fully saturated rings. The number of amides is 2. The summed E-state index contributed by atoms with van der Waals surface area (Å²) < 4.78 is 0. The molecule has 0 bridgehead atoms. The molecule has 1 aromatic heterocycles. The second kappa shape index (κ2) is 6.78. The van der Waals surface area contributed by atoms with Crippen molar-refractivity contribution in [3.8, 4) is 0 Å². The monoisotopic (exact) mass is 347 g/mol. The molecule has 2 aliphatic heterocycles. The van der Waals surface area contributed by atoms with E-state index in [0.717, 1.165) is 18.7 Å². The zero-order chi connectivity index (χ0) is 18.3. The van der Waals surface area contributed by atoms with Crippen LogP contribution in [0, 0.1) is 12.8 Å². The van der Waals surface area contributed by atoms with Gasteiger partial charge < -0.3 is 14.7 Å². The maximum Gasteiger partial charge on any atom is 0.275 e. The number of aromatic nitrogens is 2. The van der Waals surface area contributed by atoms with Crippen molar-refractivity contribution in [2.75, 3.05) is 27.2 Å². The van der Waals surface area contributed by atoms with E-state index in [1.807, 2.05) is 11.8 Å². The lowest BCUT2D eigenvalue weighted by Crippen LogP contribution is -2.61. The molecule has 1 N–H and O–H groups in total. The highest BCUT2D eigenvalue weighted by molar-refractivity contribution is 5.97. The second-order valence-corrected chi connectivity index (χ2v) is 8.04. The first-order valence-electron chi connectivity index (χ1n) is 9.07. The number of fused-ring (bicyclic) bond motifs is 1. The molecule has 2 aliphatic rings. The SMILES string of the molecule is Cc1cc(C(=O)N2C[C@@H]3C[C@H](N(C)C)CN3C(=O)[C@@H]2CC(C)C)n[nH]1. The first-order chi connectivity index (χ1) is 11.8. The topological polar surface area (TPSA) is 72.5 Å². The number of hydrogen-bond acceptors (Lipinski definition) is 4. The highest BCUT2D eigenvalue weighted by Crippen LogP contribution is 2.31. The van der Waals surface area contributed by atoms with Gasteiger partial charge in [0.15, 0.2) is 0 Å². The first-order valence-corrected chi connectivity index (χ1v) is 9.07.